The molecule has 154 valence electrons. The largest absolute Gasteiger partial charge is 0.462 e. The van der Waals surface area contributed by atoms with Crippen molar-refractivity contribution in [3.8, 4) is 17.4 Å². The van der Waals surface area contributed by atoms with Crippen molar-refractivity contribution >= 4 is 5.91 Å². The molecule has 0 bridgehead atoms. The number of unbranched alkanes of at least 4 members (excludes halogenated alkanes) is 1. The first-order chi connectivity index (χ1) is 13.3. The summed E-state index contributed by atoms with van der Waals surface area (Å²) in [4.78, 5) is 17.7. The lowest BCUT2D eigenvalue weighted by molar-refractivity contribution is 0.0804. The minimum absolute atomic E-state index is 0.00435. The van der Waals surface area contributed by atoms with Crippen molar-refractivity contribution in [3.05, 3.63) is 29.8 Å². The zero-order valence-corrected chi connectivity index (χ0v) is 18.3. The fraction of sp³-hybridized carbons (Fsp3) is 0.609. The van der Waals surface area contributed by atoms with E-state index in [0.717, 1.165) is 37.7 Å². The van der Waals surface area contributed by atoms with Crippen molar-refractivity contribution in [2.75, 3.05) is 6.61 Å². The Balaban J connectivity index is 2.41. The maximum Gasteiger partial charge on any atom is 0.336 e. The molecule has 5 nitrogen and oxygen atoms in total. The molecule has 0 fully saturated rings. The molecular formula is C23H35N3O2. The zero-order valence-electron chi connectivity index (χ0n) is 18.3. The van der Waals surface area contributed by atoms with Crippen LogP contribution in [0.15, 0.2) is 24.3 Å². The second kappa shape index (κ2) is 9.85. The number of carbonyl (C=O) groups excluding carboxylic acids is 1. The first-order valence-corrected chi connectivity index (χ1v) is 10.6. The van der Waals surface area contributed by atoms with E-state index in [-0.39, 0.29) is 23.3 Å². The Bertz CT molecular complexity index is 757. The number of carbonyl (C=O) groups is 1. The summed E-state index contributed by atoms with van der Waals surface area (Å²) >= 11 is 0. The van der Waals surface area contributed by atoms with E-state index < -0.39 is 0 Å². The monoisotopic (exact) mass is 385 g/mol. The van der Waals surface area contributed by atoms with Gasteiger partial charge in [0.15, 0.2) is 5.82 Å². The fourth-order valence-corrected chi connectivity index (χ4v) is 3.13. The SMILES string of the molecule is CCCCC(CC)C(=O)n1nc(OCCC)nc1-c1ccc(C(C)(C)C)cc1. The van der Waals surface area contributed by atoms with E-state index in [1.54, 1.807) is 0 Å². The van der Waals surface area contributed by atoms with Gasteiger partial charge < -0.3 is 4.74 Å². The molecule has 0 saturated heterocycles. The van der Waals surface area contributed by atoms with E-state index >= 15 is 0 Å². The molecular weight excluding hydrogens is 350 g/mol. The highest BCUT2D eigenvalue weighted by molar-refractivity contribution is 5.84. The average Bonchev–Trinajstić information content (AvgIpc) is 3.10. The number of hydrogen-bond acceptors (Lipinski definition) is 4. The predicted octanol–water partition coefficient (Wildman–Crippen LogP) is 5.89. The third-order valence-electron chi connectivity index (χ3n) is 4.99. The molecule has 0 amide bonds. The zero-order chi connectivity index (χ0) is 20.7. The molecule has 28 heavy (non-hydrogen) atoms. The highest BCUT2D eigenvalue weighted by Crippen LogP contribution is 2.27. The third kappa shape index (κ3) is 5.43. The number of ether oxygens (including phenoxy) is 1. The molecule has 1 heterocycles. The van der Waals surface area contributed by atoms with E-state index in [9.17, 15) is 4.79 Å². The molecule has 0 aliphatic rings. The summed E-state index contributed by atoms with van der Waals surface area (Å²) in [6, 6.07) is 8.51. The molecule has 2 rings (SSSR count). The lowest BCUT2D eigenvalue weighted by Gasteiger charge is -2.19. The molecule has 1 aromatic heterocycles. The van der Waals surface area contributed by atoms with Crippen LogP contribution in [-0.2, 0) is 5.41 Å². The van der Waals surface area contributed by atoms with E-state index in [0.29, 0.717) is 12.4 Å². The molecule has 0 spiro atoms. The summed E-state index contributed by atoms with van der Waals surface area (Å²) in [5, 5.41) is 4.41. The van der Waals surface area contributed by atoms with E-state index in [4.69, 9.17) is 4.74 Å². The Kier molecular flexibility index (Phi) is 7.78. The summed E-state index contributed by atoms with van der Waals surface area (Å²) in [6.45, 7) is 13.3. The summed E-state index contributed by atoms with van der Waals surface area (Å²) in [6.07, 6.45) is 4.65. The van der Waals surface area contributed by atoms with Crippen LogP contribution in [0, 0.1) is 5.92 Å². The van der Waals surface area contributed by atoms with Crippen molar-refractivity contribution in [1.29, 1.82) is 0 Å². The second-order valence-electron chi connectivity index (χ2n) is 8.39. The number of aromatic nitrogens is 3. The minimum atomic E-state index is -0.0479. The van der Waals surface area contributed by atoms with Crippen molar-refractivity contribution in [2.24, 2.45) is 5.92 Å². The van der Waals surface area contributed by atoms with Crippen LogP contribution < -0.4 is 4.74 Å². The maximum absolute atomic E-state index is 13.2. The molecule has 0 saturated carbocycles. The van der Waals surface area contributed by atoms with E-state index in [2.05, 4.69) is 56.8 Å². The fourth-order valence-electron chi connectivity index (χ4n) is 3.13. The van der Waals surface area contributed by atoms with Gasteiger partial charge >= 0.3 is 6.01 Å². The van der Waals surface area contributed by atoms with Crippen molar-refractivity contribution in [3.63, 3.8) is 0 Å². The Labute approximate surface area is 169 Å². The summed E-state index contributed by atoms with van der Waals surface area (Å²) < 4.78 is 7.08. The van der Waals surface area contributed by atoms with Crippen LogP contribution in [0.2, 0.25) is 0 Å². The third-order valence-corrected chi connectivity index (χ3v) is 4.99. The quantitative estimate of drug-likeness (QED) is 0.540. The molecule has 0 radical (unpaired) electrons. The van der Waals surface area contributed by atoms with Gasteiger partial charge in [-0.3, -0.25) is 4.79 Å². The van der Waals surface area contributed by atoms with Gasteiger partial charge in [0.2, 0.25) is 0 Å². The molecule has 1 aromatic carbocycles. The van der Waals surface area contributed by atoms with Gasteiger partial charge in [-0.25, -0.2) is 0 Å². The van der Waals surface area contributed by atoms with Crippen LogP contribution in [0.25, 0.3) is 11.4 Å². The molecule has 0 aliphatic heterocycles. The summed E-state index contributed by atoms with van der Waals surface area (Å²) in [5.74, 6) is 0.518. The first-order valence-electron chi connectivity index (χ1n) is 10.6. The molecule has 1 atom stereocenters. The number of rotatable bonds is 9. The normalized spacial score (nSPS) is 12.8. The van der Waals surface area contributed by atoms with Gasteiger partial charge in [0, 0.05) is 11.5 Å². The summed E-state index contributed by atoms with van der Waals surface area (Å²) in [5.41, 5.74) is 2.20. The van der Waals surface area contributed by atoms with Gasteiger partial charge in [-0.05, 0) is 30.2 Å². The molecule has 0 N–H and O–H groups in total. The highest BCUT2D eigenvalue weighted by atomic mass is 16.5. The van der Waals surface area contributed by atoms with Crippen LogP contribution >= 0.6 is 0 Å². The van der Waals surface area contributed by atoms with Crippen LogP contribution in [0.1, 0.15) is 84.0 Å². The summed E-state index contributed by atoms with van der Waals surface area (Å²) in [7, 11) is 0. The Hall–Kier alpha value is -2.17. The first kappa shape index (κ1) is 22.1. The predicted molar refractivity (Wildman–Crippen MR) is 114 cm³/mol. The second-order valence-corrected chi connectivity index (χ2v) is 8.39. The molecule has 2 aromatic rings. The van der Waals surface area contributed by atoms with Crippen LogP contribution in [-0.4, -0.2) is 27.3 Å². The Morgan fingerprint density at radius 2 is 1.79 bits per heavy atom. The van der Waals surface area contributed by atoms with Crippen molar-refractivity contribution in [2.45, 2.75) is 79.1 Å². The minimum Gasteiger partial charge on any atom is -0.462 e. The topological polar surface area (TPSA) is 57.0 Å². The highest BCUT2D eigenvalue weighted by Gasteiger charge is 2.25. The lowest BCUT2D eigenvalue weighted by Crippen LogP contribution is -2.23. The van der Waals surface area contributed by atoms with Crippen LogP contribution in [0.5, 0.6) is 6.01 Å². The number of hydrogen-bond donors (Lipinski definition) is 0. The number of nitrogens with zero attached hydrogens (tertiary/aromatic N) is 3. The maximum atomic E-state index is 13.2. The van der Waals surface area contributed by atoms with Gasteiger partial charge in [-0.2, -0.15) is 9.67 Å². The Morgan fingerprint density at radius 1 is 1.11 bits per heavy atom. The molecule has 0 aliphatic carbocycles. The average molecular weight is 386 g/mol. The lowest BCUT2D eigenvalue weighted by atomic mass is 9.86. The van der Waals surface area contributed by atoms with Gasteiger partial charge in [-0.15, -0.1) is 5.10 Å². The van der Waals surface area contributed by atoms with E-state index in [1.165, 1.54) is 10.2 Å². The van der Waals surface area contributed by atoms with Crippen LogP contribution in [0.4, 0.5) is 0 Å². The van der Waals surface area contributed by atoms with Gasteiger partial charge in [0.05, 0.1) is 6.61 Å². The van der Waals surface area contributed by atoms with Gasteiger partial charge in [0.25, 0.3) is 5.91 Å². The van der Waals surface area contributed by atoms with Crippen molar-refractivity contribution < 1.29 is 9.53 Å². The standard InChI is InChI=1S/C23H35N3O2/c1-7-10-11-17(9-3)21(27)26-20(24-22(25-26)28-16-8-2)18-12-14-19(15-13-18)23(4,5)6/h12-15,17H,7-11,16H2,1-6H3. The van der Waals surface area contributed by atoms with Gasteiger partial charge in [0.1, 0.15) is 0 Å². The number of benzene rings is 1. The smallest absolute Gasteiger partial charge is 0.336 e. The van der Waals surface area contributed by atoms with Gasteiger partial charge in [-0.1, -0.05) is 78.6 Å². The molecule has 5 heteroatoms. The Morgan fingerprint density at radius 3 is 2.32 bits per heavy atom. The van der Waals surface area contributed by atoms with E-state index in [1.807, 2.05) is 19.1 Å². The van der Waals surface area contributed by atoms with Crippen LogP contribution in [0.3, 0.4) is 0 Å². The van der Waals surface area contributed by atoms with Crippen molar-refractivity contribution in [1.82, 2.24) is 14.8 Å². The molecule has 1 unspecified atom stereocenters.